The van der Waals surface area contributed by atoms with Crippen molar-refractivity contribution >= 4 is 114 Å². The lowest BCUT2D eigenvalue weighted by Crippen LogP contribution is -2.22. The van der Waals surface area contributed by atoms with Gasteiger partial charge in [0, 0.05) is 68.4 Å². The van der Waals surface area contributed by atoms with Crippen LogP contribution in [-0.4, -0.2) is 73.6 Å². The van der Waals surface area contributed by atoms with Crippen LogP contribution in [0.15, 0.2) is 118 Å². The molecule has 4 aromatic carbocycles. The Bertz CT molecular complexity index is 2810. The fraction of sp³-hybridized carbons (Fsp3) is 0.111. The van der Waals surface area contributed by atoms with Crippen molar-refractivity contribution in [1.82, 2.24) is 28.5 Å². The topological polar surface area (TPSA) is 164 Å². The lowest BCUT2D eigenvalue weighted by atomic mass is 10.2. The highest BCUT2D eigenvalue weighted by atomic mass is 35.5. The fourth-order valence-electron chi connectivity index (χ4n) is 5.03. The molecule has 3 N–H and O–H groups in total. The molecule has 0 saturated heterocycles. The summed E-state index contributed by atoms with van der Waals surface area (Å²) in [6.07, 6.45) is 3.29. The predicted molar refractivity (Wildman–Crippen MR) is 217 cm³/mol. The van der Waals surface area contributed by atoms with Crippen LogP contribution in [0.1, 0.15) is 0 Å². The average molecular weight is 805 g/mol. The smallest absolute Gasteiger partial charge is 0.242 e. The van der Waals surface area contributed by atoms with Gasteiger partial charge in [-0.05, 0) is 84.9 Å². The maximum Gasteiger partial charge on any atom is 0.242 e. The van der Waals surface area contributed by atoms with Gasteiger partial charge in [0.2, 0.25) is 20.0 Å². The van der Waals surface area contributed by atoms with E-state index in [0.717, 1.165) is 43.7 Å². The first-order valence-electron chi connectivity index (χ1n) is 15.7. The molecule has 8 rings (SSSR count). The summed E-state index contributed by atoms with van der Waals surface area (Å²) in [5.41, 5.74) is 15.0. The monoisotopic (exact) mass is 804 g/mol. The van der Waals surface area contributed by atoms with Crippen LogP contribution in [0.5, 0.6) is 0 Å². The summed E-state index contributed by atoms with van der Waals surface area (Å²) in [6, 6.07) is 24.9. The molecule has 0 fully saturated rings. The Hall–Kier alpha value is -4.81. The molecule has 0 bridgehead atoms. The minimum Gasteiger partial charge on any atom is -0.399 e. The van der Waals surface area contributed by atoms with Gasteiger partial charge in [-0.15, -0.1) is 22.7 Å². The van der Waals surface area contributed by atoms with Crippen LogP contribution < -0.4 is 11.1 Å². The van der Waals surface area contributed by atoms with E-state index in [4.69, 9.17) is 17.3 Å². The molecule has 17 heteroatoms. The molecule has 4 heterocycles. The number of hydrogen-bond donors (Lipinski definition) is 2. The zero-order valence-electron chi connectivity index (χ0n) is 28.8. The minimum atomic E-state index is -3.51. The summed E-state index contributed by atoms with van der Waals surface area (Å²) in [5.74, 6) is 0. The second kappa shape index (κ2) is 15.7. The number of thiazole rings is 2. The van der Waals surface area contributed by atoms with Gasteiger partial charge in [-0.25, -0.2) is 35.4 Å². The molecule has 0 aliphatic carbocycles. The first-order valence-corrected chi connectivity index (χ1v) is 20.7. The molecule has 0 saturated carbocycles. The third-order valence-electron chi connectivity index (χ3n) is 7.89. The van der Waals surface area contributed by atoms with Crippen molar-refractivity contribution in [2.45, 2.75) is 9.79 Å². The minimum absolute atomic E-state index is 0.213. The zero-order valence-corrected chi connectivity index (χ0v) is 32.8. The summed E-state index contributed by atoms with van der Waals surface area (Å²) < 4.78 is 53.5. The Morgan fingerprint density at radius 3 is 1.74 bits per heavy atom. The van der Waals surface area contributed by atoms with E-state index >= 15 is 0 Å². The number of nitrogens with two attached hydrogens (primary N) is 1. The van der Waals surface area contributed by atoms with Crippen LogP contribution in [0.25, 0.3) is 42.2 Å². The third-order valence-corrected chi connectivity index (χ3v) is 13.5. The van der Waals surface area contributed by atoms with E-state index in [9.17, 15) is 16.8 Å². The second-order valence-corrected chi connectivity index (χ2v) is 18.3. The summed E-state index contributed by atoms with van der Waals surface area (Å²) in [6.45, 7) is 0. The molecule has 272 valence electrons. The summed E-state index contributed by atoms with van der Waals surface area (Å²) in [7, 11) is -0.930. The van der Waals surface area contributed by atoms with Crippen molar-refractivity contribution < 1.29 is 16.8 Å². The van der Waals surface area contributed by atoms with Gasteiger partial charge >= 0.3 is 0 Å². The number of sulfonamides is 2. The van der Waals surface area contributed by atoms with Crippen LogP contribution in [0.3, 0.4) is 0 Å². The van der Waals surface area contributed by atoms with Crippen molar-refractivity contribution in [2.24, 2.45) is 0 Å². The highest BCUT2D eigenvalue weighted by Gasteiger charge is 2.19. The number of pyridine rings is 2. The quantitative estimate of drug-likeness (QED) is 0.158. The van der Waals surface area contributed by atoms with E-state index in [0.29, 0.717) is 15.9 Å². The van der Waals surface area contributed by atoms with E-state index in [1.54, 1.807) is 71.5 Å². The van der Waals surface area contributed by atoms with Crippen LogP contribution in [-0.2, 0) is 20.0 Å². The number of anilines is 3. The summed E-state index contributed by atoms with van der Waals surface area (Å²) >= 11 is 9.23. The van der Waals surface area contributed by atoms with Gasteiger partial charge in [-0.2, -0.15) is 0 Å². The Balaban J connectivity index is 0.000000152. The maximum absolute atomic E-state index is 12.4. The molecule has 0 aliphatic rings. The molecule has 0 unspecified atom stereocenters. The van der Waals surface area contributed by atoms with E-state index in [2.05, 4.69) is 25.3 Å². The highest BCUT2D eigenvalue weighted by molar-refractivity contribution is 7.89. The Kier molecular flexibility index (Phi) is 11.2. The van der Waals surface area contributed by atoms with Crippen molar-refractivity contribution in [3.8, 4) is 0 Å². The van der Waals surface area contributed by atoms with Gasteiger partial charge in [0.15, 0.2) is 0 Å². The average Bonchev–Trinajstić information content (AvgIpc) is 3.81. The standard InChI is InChI=1S/C18H16N4O2S2.C11H11ClN2O2S.C7H6N2S/c1-22(2)26(23,24)13-4-5-15-14(10-13)16(7-8-19-15)21-12-3-6-18-17(9-12)20-11-25-18;1-14(2)17(15,16)8-3-4-11-9(7-8)10(12)5-6-13-11;8-5-1-2-7-6(3-5)9-4-10-7/h3-11H,1-2H3,(H,19,21);3-7H,1-2H3;1-4H,8H2. The Morgan fingerprint density at radius 2 is 1.13 bits per heavy atom. The molecule has 0 atom stereocenters. The number of rotatable bonds is 6. The second-order valence-electron chi connectivity index (χ2n) is 11.8. The van der Waals surface area contributed by atoms with E-state index in [-0.39, 0.29) is 9.79 Å². The summed E-state index contributed by atoms with van der Waals surface area (Å²) in [4.78, 5) is 17.3. The Labute approximate surface area is 319 Å². The van der Waals surface area contributed by atoms with Crippen LogP contribution >= 0.6 is 34.3 Å². The Morgan fingerprint density at radius 1 is 0.604 bits per heavy atom. The van der Waals surface area contributed by atoms with Crippen molar-refractivity contribution in [1.29, 1.82) is 0 Å². The molecular weight excluding hydrogens is 772 g/mol. The number of nitrogen functional groups attached to an aromatic ring is 1. The number of hydrogen-bond acceptors (Lipinski definition) is 12. The van der Waals surface area contributed by atoms with Crippen molar-refractivity contribution in [3.63, 3.8) is 0 Å². The SMILES string of the molecule is CN(C)S(=O)(=O)c1ccc2nccc(Cl)c2c1.CN(C)S(=O)(=O)c1ccc2nccc(Nc3ccc4scnc4c3)c2c1.Nc1ccc2scnc2c1. The van der Waals surface area contributed by atoms with E-state index < -0.39 is 20.0 Å². The molecule has 53 heavy (non-hydrogen) atoms. The normalized spacial score (nSPS) is 11.8. The third kappa shape index (κ3) is 8.39. The number of benzene rings is 4. The van der Waals surface area contributed by atoms with Crippen LogP contribution in [0.2, 0.25) is 5.02 Å². The van der Waals surface area contributed by atoms with Gasteiger partial charge in [0.25, 0.3) is 0 Å². The summed E-state index contributed by atoms with van der Waals surface area (Å²) in [5, 5.41) is 5.22. The lowest BCUT2D eigenvalue weighted by Gasteiger charge is -2.14. The van der Waals surface area contributed by atoms with Gasteiger partial charge in [0.05, 0.1) is 57.3 Å². The number of halogens is 1. The van der Waals surface area contributed by atoms with Crippen molar-refractivity contribution in [2.75, 3.05) is 39.2 Å². The molecule has 12 nitrogen and oxygen atoms in total. The van der Waals surface area contributed by atoms with E-state index in [1.165, 1.54) is 47.6 Å². The van der Waals surface area contributed by atoms with Gasteiger partial charge in [-0.3, -0.25) is 9.97 Å². The maximum atomic E-state index is 12.4. The van der Waals surface area contributed by atoms with Crippen molar-refractivity contribution in [3.05, 3.63) is 113 Å². The van der Waals surface area contributed by atoms with Crippen LogP contribution in [0.4, 0.5) is 17.1 Å². The molecule has 0 spiro atoms. The fourth-order valence-corrected chi connectivity index (χ4v) is 8.42. The molecule has 8 aromatic rings. The largest absolute Gasteiger partial charge is 0.399 e. The van der Waals surface area contributed by atoms with Gasteiger partial charge in [0.1, 0.15) is 0 Å². The number of nitrogens with zero attached hydrogens (tertiary/aromatic N) is 6. The van der Waals surface area contributed by atoms with E-state index in [1.807, 2.05) is 53.5 Å². The first-order chi connectivity index (χ1) is 25.2. The molecule has 0 amide bonds. The lowest BCUT2D eigenvalue weighted by molar-refractivity contribution is 0.520. The number of aromatic nitrogens is 4. The van der Waals surface area contributed by atoms with Crippen LogP contribution in [0, 0.1) is 0 Å². The number of fused-ring (bicyclic) bond motifs is 4. The van der Waals surface area contributed by atoms with Gasteiger partial charge in [-0.1, -0.05) is 11.6 Å². The van der Waals surface area contributed by atoms with Gasteiger partial charge < -0.3 is 11.1 Å². The zero-order chi connectivity index (χ0) is 37.9. The molecular formula is C36H33ClN8O4S4. The molecule has 4 aromatic heterocycles. The molecule has 0 aliphatic heterocycles. The first kappa shape index (κ1) is 37.9. The predicted octanol–water partition coefficient (Wildman–Crippen LogP) is 7.86. The highest BCUT2D eigenvalue weighted by Crippen LogP contribution is 2.30. The molecule has 0 radical (unpaired) electrons. The number of nitrogens with one attached hydrogen (secondary N) is 1.